The summed E-state index contributed by atoms with van der Waals surface area (Å²) in [6, 6.07) is 5.29. The standard InChI is InChI=1S/C20H24Cl2N4O3/c1-25-13-14(12-23-25)20(28)24-15-7-9-26(10-8-15)18(27)6-3-11-29-17-5-2-4-16(21)19(17)22/h2,4-5,12-13,15H,3,6-11H2,1H3,(H,24,28). The second kappa shape index (κ2) is 9.98. The van der Waals surface area contributed by atoms with Gasteiger partial charge in [-0.05, 0) is 31.4 Å². The van der Waals surface area contributed by atoms with E-state index in [1.807, 2.05) is 4.90 Å². The van der Waals surface area contributed by atoms with E-state index in [-0.39, 0.29) is 17.9 Å². The van der Waals surface area contributed by atoms with Gasteiger partial charge in [-0.2, -0.15) is 5.10 Å². The smallest absolute Gasteiger partial charge is 0.254 e. The molecule has 1 N–H and O–H groups in total. The summed E-state index contributed by atoms with van der Waals surface area (Å²) >= 11 is 12.0. The minimum absolute atomic E-state index is 0.0695. The summed E-state index contributed by atoms with van der Waals surface area (Å²) in [5, 5.41) is 7.85. The first-order valence-electron chi connectivity index (χ1n) is 9.58. The van der Waals surface area contributed by atoms with Gasteiger partial charge < -0.3 is 15.0 Å². The number of rotatable bonds is 7. The van der Waals surface area contributed by atoms with Crippen LogP contribution >= 0.6 is 23.2 Å². The summed E-state index contributed by atoms with van der Waals surface area (Å²) in [4.78, 5) is 26.5. The summed E-state index contributed by atoms with van der Waals surface area (Å²) in [7, 11) is 1.77. The number of aryl methyl sites for hydroxylation is 1. The first-order chi connectivity index (χ1) is 13.9. The van der Waals surface area contributed by atoms with Crippen molar-refractivity contribution in [3.63, 3.8) is 0 Å². The number of nitrogens with one attached hydrogen (secondary N) is 1. The van der Waals surface area contributed by atoms with Crippen LogP contribution in [0.15, 0.2) is 30.6 Å². The van der Waals surface area contributed by atoms with E-state index in [2.05, 4.69) is 10.4 Å². The van der Waals surface area contributed by atoms with Gasteiger partial charge in [0.05, 0.1) is 23.4 Å². The van der Waals surface area contributed by atoms with Gasteiger partial charge in [0.2, 0.25) is 5.91 Å². The monoisotopic (exact) mass is 438 g/mol. The van der Waals surface area contributed by atoms with E-state index in [0.717, 1.165) is 12.8 Å². The van der Waals surface area contributed by atoms with Crippen molar-refractivity contribution in [3.05, 3.63) is 46.2 Å². The molecule has 1 aliphatic heterocycles. The predicted octanol–water partition coefficient (Wildman–Crippen LogP) is 3.31. The Balaban J connectivity index is 1.35. The average Bonchev–Trinajstić information content (AvgIpc) is 3.15. The summed E-state index contributed by atoms with van der Waals surface area (Å²) in [5.74, 6) is 0.499. The quantitative estimate of drug-likeness (QED) is 0.672. The molecule has 2 heterocycles. The molecule has 2 amide bonds. The molecule has 0 unspecified atom stereocenters. The molecule has 0 atom stereocenters. The van der Waals surface area contributed by atoms with Crippen LogP contribution in [-0.2, 0) is 11.8 Å². The van der Waals surface area contributed by atoms with Crippen LogP contribution in [0.3, 0.4) is 0 Å². The zero-order chi connectivity index (χ0) is 20.8. The lowest BCUT2D eigenvalue weighted by molar-refractivity contribution is -0.132. The topological polar surface area (TPSA) is 76.5 Å². The molecule has 9 heteroatoms. The van der Waals surface area contributed by atoms with Gasteiger partial charge in [0, 0.05) is 38.8 Å². The van der Waals surface area contributed by atoms with E-state index in [1.165, 1.54) is 0 Å². The van der Waals surface area contributed by atoms with Crippen LogP contribution in [0.5, 0.6) is 5.75 Å². The fraction of sp³-hybridized carbons (Fsp3) is 0.450. The lowest BCUT2D eigenvalue weighted by atomic mass is 10.0. The van der Waals surface area contributed by atoms with Crippen molar-refractivity contribution >= 4 is 35.0 Å². The van der Waals surface area contributed by atoms with Crippen LogP contribution in [0.4, 0.5) is 0 Å². The Labute approximate surface area is 179 Å². The minimum Gasteiger partial charge on any atom is -0.492 e. The first kappa shape index (κ1) is 21.5. The number of halogens is 2. The highest BCUT2D eigenvalue weighted by molar-refractivity contribution is 6.42. The van der Waals surface area contributed by atoms with Crippen molar-refractivity contribution in [2.24, 2.45) is 7.05 Å². The SMILES string of the molecule is Cn1cc(C(=O)NC2CCN(C(=O)CCCOc3cccc(Cl)c3Cl)CC2)cn1. The number of likely N-dealkylation sites (tertiary alicyclic amines) is 1. The molecule has 156 valence electrons. The van der Waals surface area contributed by atoms with Gasteiger partial charge in [0.25, 0.3) is 5.91 Å². The number of aromatic nitrogens is 2. The molecule has 1 aliphatic rings. The summed E-state index contributed by atoms with van der Waals surface area (Å²) in [5.41, 5.74) is 0.547. The molecule has 1 aromatic carbocycles. The predicted molar refractivity (Wildman–Crippen MR) is 111 cm³/mol. The fourth-order valence-corrected chi connectivity index (χ4v) is 3.59. The number of hydrogen-bond donors (Lipinski definition) is 1. The van der Waals surface area contributed by atoms with Crippen molar-refractivity contribution in [3.8, 4) is 5.75 Å². The molecule has 0 spiro atoms. The first-order valence-corrected chi connectivity index (χ1v) is 10.3. The number of carbonyl (C=O) groups is 2. The van der Waals surface area contributed by atoms with Gasteiger partial charge in [0.1, 0.15) is 10.8 Å². The van der Waals surface area contributed by atoms with Gasteiger partial charge in [-0.3, -0.25) is 14.3 Å². The Morgan fingerprint density at radius 1 is 1.28 bits per heavy atom. The lowest BCUT2D eigenvalue weighted by Gasteiger charge is -2.32. The Bertz CT molecular complexity index is 863. The van der Waals surface area contributed by atoms with E-state index in [0.29, 0.717) is 53.9 Å². The van der Waals surface area contributed by atoms with Crippen LogP contribution in [0.2, 0.25) is 10.0 Å². The summed E-state index contributed by atoms with van der Waals surface area (Å²) < 4.78 is 7.22. The van der Waals surface area contributed by atoms with Crippen LogP contribution in [-0.4, -0.2) is 52.2 Å². The zero-order valence-corrected chi connectivity index (χ0v) is 17.7. The Kier molecular flexibility index (Phi) is 7.39. The molecule has 0 saturated carbocycles. The number of piperidine rings is 1. The largest absolute Gasteiger partial charge is 0.492 e. The van der Waals surface area contributed by atoms with Crippen molar-refractivity contribution in [2.75, 3.05) is 19.7 Å². The van der Waals surface area contributed by atoms with Crippen molar-refractivity contribution in [1.82, 2.24) is 20.0 Å². The van der Waals surface area contributed by atoms with E-state index in [1.54, 1.807) is 42.3 Å². The van der Waals surface area contributed by atoms with Crippen LogP contribution in [0.25, 0.3) is 0 Å². The molecule has 29 heavy (non-hydrogen) atoms. The zero-order valence-electron chi connectivity index (χ0n) is 16.2. The molecule has 7 nitrogen and oxygen atoms in total. The maximum atomic E-state index is 12.4. The van der Waals surface area contributed by atoms with E-state index in [9.17, 15) is 9.59 Å². The average molecular weight is 439 g/mol. The number of benzene rings is 1. The van der Waals surface area contributed by atoms with Gasteiger partial charge in [-0.15, -0.1) is 0 Å². The maximum Gasteiger partial charge on any atom is 0.254 e. The number of nitrogens with zero attached hydrogens (tertiary/aromatic N) is 3. The molecule has 1 saturated heterocycles. The second-order valence-electron chi connectivity index (χ2n) is 7.04. The van der Waals surface area contributed by atoms with E-state index >= 15 is 0 Å². The van der Waals surface area contributed by atoms with Gasteiger partial charge in [-0.1, -0.05) is 29.3 Å². The highest BCUT2D eigenvalue weighted by atomic mass is 35.5. The minimum atomic E-state index is -0.125. The highest BCUT2D eigenvalue weighted by Gasteiger charge is 2.24. The lowest BCUT2D eigenvalue weighted by Crippen LogP contribution is -2.46. The van der Waals surface area contributed by atoms with E-state index < -0.39 is 0 Å². The molecular formula is C20H24Cl2N4O3. The Morgan fingerprint density at radius 3 is 2.72 bits per heavy atom. The molecule has 1 aromatic heterocycles. The number of amides is 2. The number of carbonyl (C=O) groups excluding carboxylic acids is 2. The van der Waals surface area contributed by atoms with Crippen LogP contribution < -0.4 is 10.1 Å². The van der Waals surface area contributed by atoms with Crippen molar-refractivity contribution in [1.29, 1.82) is 0 Å². The Morgan fingerprint density at radius 2 is 2.03 bits per heavy atom. The normalized spacial score (nSPS) is 14.7. The Hall–Kier alpha value is -2.25. The van der Waals surface area contributed by atoms with Crippen molar-refractivity contribution < 1.29 is 14.3 Å². The van der Waals surface area contributed by atoms with Crippen LogP contribution in [0, 0.1) is 0 Å². The molecule has 3 rings (SSSR count). The van der Waals surface area contributed by atoms with Gasteiger partial charge in [-0.25, -0.2) is 0 Å². The molecule has 0 radical (unpaired) electrons. The number of ether oxygens (including phenoxy) is 1. The molecule has 2 aromatic rings. The second-order valence-corrected chi connectivity index (χ2v) is 7.82. The van der Waals surface area contributed by atoms with Crippen LogP contribution in [0.1, 0.15) is 36.0 Å². The molecule has 1 fully saturated rings. The molecule has 0 aliphatic carbocycles. The van der Waals surface area contributed by atoms with Gasteiger partial charge >= 0.3 is 0 Å². The maximum absolute atomic E-state index is 12.4. The number of hydrogen-bond acceptors (Lipinski definition) is 4. The fourth-order valence-electron chi connectivity index (χ4n) is 3.24. The molecular weight excluding hydrogens is 415 g/mol. The third-order valence-electron chi connectivity index (χ3n) is 4.86. The summed E-state index contributed by atoms with van der Waals surface area (Å²) in [6.07, 6.45) is 5.72. The van der Waals surface area contributed by atoms with E-state index in [4.69, 9.17) is 27.9 Å². The third kappa shape index (κ3) is 5.87. The summed E-state index contributed by atoms with van der Waals surface area (Å²) in [6.45, 7) is 1.67. The van der Waals surface area contributed by atoms with Gasteiger partial charge in [0.15, 0.2) is 0 Å². The highest BCUT2D eigenvalue weighted by Crippen LogP contribution is 2.31. The van der Waals surface area contributed by atoms with Crippen molar-refractivity contribution in [2.45, 2.75) is 31.7 Å². The molecule has 0 bridgehead atoms. The third-order valence-corrected chi connectivity index (χ3v) is 5.66.